The van der Waals surface area contributed by atoms with Gasteiger partial charge in [0.25, 0.3) is 0 Å². The third-order valence-electron chi connectivity index (χ3n) is 2.17. The Morgan fingerprint density at radius 3 is 1.75 bits per heavy atom. The third kappa shape index (κ3) is 4.07. The van der Waals surface area contributed by atoms with Gasteiger partial charge in [-0.25, -0.2) is 0 Å². The minimum absolute atomic E-state index is 0.0908. The molecule has 2 heteroatoms. The number of rotatable bonds is 3. The van der Waals surface area contributed by atoms with E-state index in [2.05, 4.69) is 0 Å². The Hall–Kier alpha value is -0.0800. The molecule has 0 saturated heterocycles. The normalized spacial score (nSPS) is 16.2. The molecule has 0 heterocycles. The maximum absolute atomic E-state index is 9.74. The molecular weight excluding hydrogens is 152 g/mol. The molecule has 0 amide bonds. The SMILES string of the molecule is CC(C)(CO)CC(O)C(C)(C)C. The van der Waals surface area contributed by atoms with Crippen molar-refractivity contribution in [2.45, 2.75) is 47.1 Å². The molecule has 0 aromatic heterocycles. The lowest BCUT2D eigenvalue weighted by molar-refractivity contribution is 0.00779. The van der Waals surface area contributed by atoms with E-state index in [1.807, 2.05) is 34.6 Å². The monoisotopic (exact) mass is 174 g/mol. The molecule has 0 aliphatic carbocycles. The van der Waals surface area contributed by atoms with Gasteiger partial charge in [-0.3, -0.25) is 0 Å². The van der Waals surface area contributed by atoms with Crippen molar-refractivity contribution in [2.24, 2.45) is 10.8 Å². The summed E-state index contributed by atoms with van der Waals surface area (Å²) in [5.74, 6) is 0. The molecule has 0 aliphatic heterocycles. The van der Waals surface area contributed by atoms with Crippen LogP contribution in [0.4, 0.5) is 0 Å². The van der Waals surface area contributed by atoms with Crippen LogP contribution in [0.1, 0.15) is 41.0 Å². The average Bonchev–Trinajstić information content (AvgIpc) is 1.85. The van der Waals surface area contributed by atoms with Gasteiger partial charge in [0.05, 0.1) is 6.10 Å². The van der Waals surface area contributed by atoms with E-state index in [1.165, 1.54) is 0 Å². The fourth-order valence-electron chi connectivity index (χ4n) is 0.894. The van der Waals surface area contributed by atoms with Crippen LogP contribution in [0.2, 0.25) is 0 Å². The molecule has 74 valence electrons. The number of aliphatic hydroxyl groups is 2. The molecule has 1 unspecified atom stereocenters. The van der Waals surface area contributed by atoms with Gasteiger partial charge in [-0.15, -0.1) is 0 Å². The zero-order valence-corrected chi connectivity index (χ0v) is 8.89. The molecule has 2 N–H and O–H groups in total. The van der Waals surface area contributed by atoms with Crippen molar-refractivity contribution in [2.75, 3.05) is 6.61 Å². The van der Waals surface area contributed by atoms with Crippen molar-refractivity contribution in [3.63, 3.8) is 0 Å². The van der Waals surface area contributed by atoms with E-state index < -0.39 is 0 Å². The maximum Gasteiger partial charge on any atom is 0.0594 e. The fraction of sp³-hybridized carbons (Fsp3) is 1.00. The van der Waals surface area contributed by atoms with E-state index in [4.69, 9.17) is 5.11 Å². The lowest BCUT2D eigenvalue weighted by atomic mass is 9.78. The Morgan fingerprint density at radius 1 is 1.08 bits per heavy atom. The van der Waals surface area contributed by atoms with Gasteiger partial charge < -0.3 is 10.2 Å². The smallest absolute Gasteiger partial charge is 0.0594 e. The average molecular weight is 174 g/mol. The molecule has 0 rings (SSSR count). The zero-order valence-electron chi connectivity index (χ0n) is 8.89. The Morgan fingerprint density at radius 2 is 1.50 bits per heavy atom. The van der Waals surface area contributed by atoms with E-state index in [0.29, 0.717) is 6.42 Å². The Labute approximate surface area is 75.6 Å². The predicted octanol–water partition coefficient (Wildman–Crippen LogP) is 1.80. The summed E-state index contributed by atoms with van der Waals surface area (Å²) in [5, 5.41) is 18.7. The standard InChI is InChI=1S/C10H22O2/c1-9(2,3)8(12)6-10(4,5)7-11/h8,11-12H,6-7H2,1-5H3. The minimum Gasteiger partial charge on any atom is -0.396 e. The first kappa shape index (κ1) is 11.9. The summed E-state index contributed by atoms with van der Waals surface area (Å²) in [7, 11) is 0. The third-order valence-corrected chi connectivity index (χ3v) is 2.17. The Kier molecular flexibility index (Phi) is 3.73. The molecule has 12 heavy (non-hydrogen) atoms. The first-order valence-electron chi connectivity index (χ1n) is 4.48. The highest BCUT2D eigenvalue weighted by Gasteiger charge is 2.28. The summed E-state index contributed by atoms with van der Waals surface area (Å²) in [4.78, 5) is 0. The summed E-state index contributed by atoms with van der Waals surface area (Å²) < 4.78 is 0. The van der Waals surface area contributed by atoms with Crippen molar-refractivity contribution in [1.29, 1.82) is 0 Å². The molecule has 0 aromatic rings. The van der Waals surface area contributed by atoms with Gasteiger partial charge in [0.15, 0.2) is 0 Å². The lowest BCUT2D eigenvalue weighted by Gasteiger charge is -2.32. The second-order valence-corrected chi connectivity index (χ2v) is 5.41. The van der Waals surface area contributed by atoms with E-state index in [-0.39, 0.29) is 23.5 Å². The molecule has 0 aliphatic rings. The van der Waals surface area contributed by atoms with Gasteiger partial charge in [-0.2, -0.15) is 0 Å². The molecule has 1 atom stereocenters. The molecule has 0 fully saturated rings. The first-order valence-corrected chi connectivity index (χ1v) is 4.48. The summed E-state index contributed by atoms with van der Waals surface area (Å²) in [5.41, 5.74) is -0.265. The maximum atomic E-state index is 9.74. The van der Waals surface area contributed by atoms with Gasteiger partial charge in [0, 0.05) is 6.61 Å². The molecule has 0 radical (unpaired) electrons. The summed E-state index contributed by atoms with van der Waals surface area (Å²) in [6.45, 7) is 10.1. The van der Waals surface area contributed by atoms with Crippen molar-refractivity contribution in [1.82, 2.24) is 0 Å². The second-order valence-electron chi connectivity index (χ2n) is 5.41. The molecule has 0 saturated carbocycles. The van der Waals surface area contributed by atoms with Gasteiger partial charge in [0.1, 0.15) is 0 Å². The van der Waals surface area contributed by atoms with Crippen LogP contribution in [0, 0.1) is 10.8 Å². The van der Waals surface area contributed by atoms with Crippen LogP contribution in [-0.2, 0) is 0 Å². The van der Waals surface area contributed by atoms with Crippen molar-refractivity contribution < 1.29 is 10.2 Å². The highest BCUT2D eigenvalue weighted by Crippen LogP contribution is 2.30. The number of aliphatic hydroxyl groups excluding tert-OH is 2. The van der Waals surface area contributed by atoms with E-state index in [1.54, 1.807) is 0 Å². The summed E-state index contributed by atoms with van der Waals surface area (Å²) in [6, 6.07) is 0. The molecule has 0 aromatic carbocycles. The molecule has 0 spiro atoms. The Balaban J connectivity index is 4.09. The zero-order chi connectivity index (χ0) is 9.99. The van der Waals surface area contributed by atoms with Crippen molar-refractivity contribution in [3.8, 4) is 0 Å². The van der Waals surface area contributed by atoms with Crippen molar-refractivity contribution in [3.05, 3.63) is 0 Å². The summed E-state index contributed by atoms with van der Waals surface area (Å²) in [6.07, 6.45) is 0.298. The Bertz CT molecular complexity index is 133. The lowest BCUT2D eigenvalue weighted by Crippen LogP contribution is -2.33. The van der Waals surface area contributed by atoms with E-state index in [9.17, 15) is 5.11 Å². The van der Waals surface area contributed by atoms with Crippen molar-refractivity contribution >= 4 is 0 Å². The molecular formula is C10H22O2. The van der Waals surface area contributed by atoms with Crippen LogP contribution in [0.5, 0.6) is 0 Å². The van der Waals surface area contributed by atoms with Gasteiger partial charge in [-0.05, 0) is 17.3 Å². The van der Waals surface area contributed by atoms with Crippen LogP contribution in [0.25, 0.3) is 0 Å². The van der Waals surface area contributed by atoms with E-state index in [0.717, 1.165) is 0 Å². The van der Waals surface area contributed by atoms with Crippen LogP contribution in [0.15, 0.2) is 0 Å². The minimum atomic E-state index is -0.348. The number of hydrogen-bond acceptors (Lipinski definition) is 2. The van der Waals surface area contributed by atoms with E-state index >= 15 is 0 Å². The highest BCUT2D eigenvalue weighted by molar-refractivity contribution is 4.79. The van der Waals surface area contributed by atoms with Crippen LogP contribution < -0.4 is 0 Å². The highest BCUT2D eigenvalue weighted by atomic mass is 16.3. The second kappa shape index (κ2) is 3.75. The van der Waals surface area contributed by atoms with Crippen LogP contribution in [-0.4, -0.2) is 22.9 Å². The van der Waals surface area contributed by atoms with Gasteiger partial charge >= 0.3 is 0 Å². The predicted molar refractivity (Wildman–Crippen MR) is 50.9 cm³/mol. The van der Waals surface area contributed by atoms with Gasteiger partial charge in [0.2, 0.25) is 0 Å². The quantitative estimate of drug-likeness (QED) is 0.685. The van der Waals surface area contributed by atoms with Gasteiger partial charge in [-0.1, -0.05) is 34.6 Å². The molecule has 2 nitrogen and oxygen atoms in total. The van der Waals surface area contributed by atoms with Crippen LogP contribution >= 0.6 is 0 Å². The van der Waals surface area contributed by atoms with Crippen LogP contribution in [0.3, 0.4) is 0 Å². The molecule has 0 bridgehead atoms. The largest absolute Gasteiger partial charge is 0.396 e. The topological polar surface area (TPSA) is 40.5 Å². The first-order chi connectivity index (χ1) is 5.19. The fourth-order valence-corrected chi connectivity index (χ4v) is 0.894. The summed E-state index contributed by atoms with van der Waals surface area (Å²) >= 11 is 0. The number of hydrogen-bond donors (Lipinski definition) is 2.